The highest BCUT2D eigenvalue weighted by atomic mass is 35.5. The van der Waals surface area contributed by atoms with Gasteiger partial charge in [-0.05, 0) is 38.8 Å². The average molecular weight is 409 g/mol. The molecule has 0 bridgehead atoms. The molecule has 1 saturated heterocycles. The number of likely N-dealkylation sites (tertiary alicyclic amines) is 1. The molecule has 2 amide bonds. The van der Waals surface area contributed by atoms with Crippen LogP contribution in [-0.4, -0.2) is 53.2 Å². The van der Waals surface area contributed by atoms with Crippen LogP contribution in [0.2, 0.25) is 0 Å². The molecule has 3 rings (SSSR count). The van der Waals surface area contributed by atoms with Crippen LogP contribution >= 0.6 is 12.4 Å². The summed E-state index contributed by atoms with van der Waals surface area (Å²) in [5, 5.41) is 6.72. The topological polar surface area (TPSA) is 86.5 Å². The van der Waals surface area contributed by atoms with Gasteiger partial charge in [-0.1, -0.05) is 18.2 Å². The highest BCUT2D eigenvalue weighted by Crippen LogP contribution is 2.21. The summed E-state index contributed by atoms with van der Waals surface area (Å²) in [7, 11) is 0. The second-order valence-corrected chi connectivity index (χ2v) is 8.00. The monoisotopic (exact) mass is 408 g/mol. The molecule has 0 aliphatic carbocycles. The predicted molar refractivity (Wildman–Crippen MR) is 112 cm³/mol. The Morgan fingerprint density at radius 3 is 2.79 bits per heavy atom. The summed E-state index contributed by atoms with van der Waals surface area (Å²) < 4.78 is 5.13. The van der Waals surface area contributed by atoms with Crippen LogP contribution in [0.4, 0.5) is 4.79 Å². The molecule has 28 heavy (non-hydrogen) atoms. The fourth-order valence-corrected chi connectivity index (χ4v) is 3.34. The van der Waals surface area contributed by atoms with Crippen molar-refractivity contribution >= 4 is 35.3 Å². The van der Waals surface area contributed by atoms with Gasteiger partial charge in [-0.15, -0.1) is 12.4 Å². The second kappa shape index (κ2) is 9.30. The molecule has 0 spiro atoms. The Morgan fingerprint density at radius 1 is 1.29 bits per heavy atom. The summed E-state index contributed by atoms with van der Waals surface area (Å²) in [6.45, 7) is 7.87. The van der Waals surface area contributed by atoms with Crippen molar-refractivity contribution in [3.63, 3.8) is 0 Å². The molecule has 0 saturated carbocycles. The molecule has 1 aliphatic heterocycles. The number of halogens is 1. The number of carbonyl (C=O) groups excluding carboxylic acids is 2. The summed E-state index contributed by atoms with van der Waals surface area (Å²) in [6, 6.07) is 8.37. The predicted octanol–water partition coefficient (Wildman–Crippen LogP) is 2.80. The first kappa shape index (κ1) is 22.0. The van der Waals surface area contributed by atoms with Gasteiger partial charge in [0.25, 0.3) is 0 Å². The van der Waals surface area contributed by atoms with Gasteiger partial charge in [-0.25, -0.2) is 4.79 Å². The lowest BCUT2D eigenvalue weighted by atomic mass is 10.1. The Hall–Kier alpha value is -2.25. The van der Waals surface area contributed by atoms with Gasteiger partial charge in [0, 0.05) is 42.8 Å². The Morgan fingerprint density at radius 2 is 2.04 bits per heavy atom. The minimum atomic E-state index is -0.579. The summed E-state index contributed by atoms with van der Waals surface area (Å²) in [6.07, 6.45) is 2.38. The zero-order valence-corrected chi connectivity index (χ0v) is 17.4. The fourth-order valence-electron chi connectivity index (χ4n) is 3.34. The van der Waals surface area contributed by atoms with Crippen LogP contribution in [0, 0.1) is 0 Å². The van der Waals surface area contributed by atoms with E-state index in [0.717, 1.165) is 31.6 Å². The number of rotatable bonds is 5. The Bertz CT molecular complexity index is 815. The van der Waals surface area contributed by atoms with Gasteiger partial charge in [0.2, 0.25) is 5.91 Å². The zero-order valence-electron chi connectivity index (χ0n) is 16.6. The standard InChI is InChI=1S/C20H28N4O3.ClH/c1-20(2,3)27-19(26)22-11-18(25)23-15-8-9-24(13-15)12-14-10-21-17-7-5-4-6-16(14)17;/h4-7,10,15,21H,8-9,11-13H2,1-3H3,(H,22,26)(H,23,25);1H/t15-;/m1./s1. The first-order chi connectivity index (χ1) is 12.8. The summed E-state index contributed by atoms with van der Waals surface area (Å²) >= 11 is 0. The highest BCUT2D eigenvalue weighted by Gasteiger charge is 2.25. The SMILES string of the molecule is CC(C)(C)OC(=O)NCC(=O)N[C@@H]1CCN(Cc2c[nH]c3ccccc23)C1.Cl. The van der Waals surface area contributed by atoms with E-state index >= 15 is 0 Å². The molecule has 7 nitrogen and oxygen atoms in total. The van der Waals surface area contributed by atoms with E-state index < -0.39 is 11.7 Å². The van der Waals surface area contributed by atoms with E-state index in [1.165, 1.54) is 10.9 Å². The van der Waals surface area contributed by atoms with E-state index in [2.05, 4.69) is 38.8 Å². The Balaban J connectivity index is 0.00000280. The van der Waals surface area contributed by atoms with Gasteiger partial charge in [0.05, 0.1) is 0 Å². The van der Waals surface area contributed by atoms with Gasteiger partial charge < -0.3 is 20.4 Å². The van der Waals surface area contributed by atoms with Crippen molar-refractivity contribution in [3.05, 3.63) is 36.0 Å². The molecule has 0 unspecified atom stereocenters. The third-order valence-corrected chi connectivity index (χ3v) is 4.50. The molecular formula is C20H29ClN4O3. The summed E-state index contributed by atoms with van der Waals surface area (Å²) in [5.41, 5.74) is 1.84. The van der Waals surface area contributed by atoms with Crippen LogP contribution in [0.3, 0.4) is 0 Å². The molecule has 1 aliphatic rings. The third kappa shape index (κ3) is 6.14. The van der Waals surface area contributed by atoms with Crippen molar-refractivity contribution in [2.24, 2.45) is 0 Å². The van der Waals surface area contributed by atoms with Gasteiger partial charge >= 0.3 is 6.09 Å². The molecule has 1 aromatic heterocycles. The molecule has 3 N–H and O–H groups in total. The maximum absolute atomic E-state index is 12.1. The number of aromatic amines is 1. The zero-order chi connectivity index (χ0) is 19.4. The van der Waals surface area contributed by atoms with Crippen molar-refractivity contribution in [3.8, 4) is 0 Å². The number of hydrogen-bond acceptors (Lipinski definition) is 4. The lowest BCUT2D eigenvalue weighted by Crippen LogP contribution is -2.44. The first-order valence-corrected chi connectivity index (χ1v) is 9.34. The largest absolute Gasteiger partial charge is 0.444 e. The van der Waals surface area contributed by atoms with Crippen LogP contribution in [0.25, 0.3) is 10.9 Å². The highest BCUT2D eigenvalue weighted by molar-refractivity contribution is 5.85. The number of carbonyl (C=O) groups is 2. The van der Waals surface area contributed by atoms with Crippen LogP contribution in [0.5, 0.6) is 0 Å². The van der Waals surface area contributed by atoms with Gasteiger partial charge in [0.1, 0.15) is 12.1 Å². The quantitative estimate of drug-likeness (QED) is 0.710. The molecule has 154 valence electrons. The molecule has 1 aromatic carbocycles. The minimum absolute atomic E-state index is 0. The number of hydrogen-bond donors (Lipinski definition) is 3. The second-order valence-electron chi connectivity index (χ2n) is 8.00. The third-order valence-electron chi connectivity index (χ3n) is 4.50. The van der Waals surface area contributed by atoms with E-state index in [1.54, 1.807) is 20.8 Å². The lowest BCUT2D eigenvalue weighted by molar-refractivity contribution is -0.120. The van der Waals surface area contributed by atoms with Crippen molar-refractivity contribution in [1.29, 1.82) is 0 Å². The summed E-state index contributed by atoms with van der Waals surface area (Å²) in [4.78, 5) is 29.3. The van der Waals surface area contributed by atoms with Gasteiger partial charge in [-0.2, -0.15) is 0 Å². The molecule has 1 atom stereocenters. The number of aromatic nitrogens is 1. The van der Waals surface area contributed by atoms with Crippen molar-refractivity contribution in [2.45, 2.75) is 45.4 Å². The van der Waals surface area contributed by atoms with Gasteiger partial charge in [-0.3, -0.25) is 9.69 Å². The normalized spacial score (nSPS) is 17.2. The van der Waals surface area contributed by atoms with E-state index in [1.807, 2.05) is 12.1 Å². The molecular weight excluding hydrogens is 380 g/mol. The maximum atomic E-state index is 12.1. The lowest BCUT2D eigenvalue weighted by Gasteiger charge is -2.20. The van der Waals surface area contributed by atoms with E-state index in [-0.39, 0.29) is 30.9 Å². The number of amides is 2. The van der Waals surface area contributed by atoms with Gasteiger partial charge in [0.15, 0.2) is 0 Å². The number of alkyl carbamates (subject to hydrolysis) is 1. The smallest absolute Gasteiger partial charge is 0.408 e. The molecule has 2 aromatic rings. The Labute approximate surface area is 171 Å². The van der Waals surface area contributed by atoms with Crippen LogP contribution in [0.15, 0.2) is 30.5 Å². The van der Waals surface area contributed by atoms with E-state index in [9.17, 15) is 9.59 Å². The molecule has 8 heteroatoms. The van der Waals surface area contributed by atoms with Crippen molar-refractivity contribution in [1.82, 2.24) is 20.5 Å². The fraction of sp³-hybridized carbons (Fsp3) is 0.500. The summed E-state index contributed by atoms with van der Waals surface area (Å²) in [5.74, 6) is -0.195. The first-order valence-electron chi connectivity index (χ1n) is 9.34. The number of para-hydroxylation sites is 1. The number of ether oxygens (including phenoxy) is 1. The Kier molecular flexibility index (Phi) is 7.32. The molecule has 0 radical (unpaired) electrons. The number of fused-ring (bicyclic) bond motifs is 1. The average Bonchev–Trinajstić information content (AvgIpc) is 3.19. The van der Waals surface area contributed by atoms with Crippen molar-refractivity contribution < 1.29 is 14.3 Å². The van der Waals surface area contributed by atoms with E-state index in [4.69, 9.17) is 4.74 Å². The minimum Gasteiger partial charge on any atom is -0.444 e. The maximum Gasteiger partial charge on any atom is 0.408 e. The van der Waals surface area contributed by atoms with Crippen molar-refractivity contribution in [2.75, 3.05) is 19.6 Å². The van der Waals surface area contributed by atoms with E-state index in [0.29, 0.717) is 0 Å². The van der Waals surface area contributed by atoms with Crippen LogP contribution in [-0.2, 0) is 16.1 Å². The molecule has 1 fully saturated rings. The van der Waals surface area contributed by atoms with Crippen LogP contribution in [0.1, 0.15) is 32.8 Å². The molecule has 2 heterocycles. The number of benzene rings is 1. The number of nitrogens with zero attached hydrogens (tertiary/aromatic N) is 1. The number of H-pyrrole nitrogens is 1. The van der Waals surface area contributed by atoms with Crippen LogP contribution < -0.4 is 10.6 Å². The number of nitrogens with one attached hydrogen (secondary N) is 3.